The Balaban J connectivity index is 3.13. The Hall–Kier alpha value is -1.13. The molecule has 0 aliphatic heterocycles. The maximum atomic E-state index is 12.8. The van der Waals surface area contributed by atoms with E-state index in [0.29, 0.717) is 0 Å². The molecular weight excluding hydrogens is 305 g/mol. The SMILES string of the molecule is CN(C(CC(N)=O)C(F)(F)F)S(=O)(=O)c1cccs1. The molecule has 0 radical (unpaired) electrons. The van der Waals surface area contributed by atoms with E-state index in [2.05, 4.69) is 0 Å². The zero-order chi connectivity index (χ0) is 14.8. The molecule has 1 aromatic rings. The van der Waals surface area contributed by atoms with Crippen LogP contribution in [0.5, 0.6) is 0 Å². The van der Waals surface area contributed by atoms with Crippen molar-refractivity contribution >= 4 is 27.3 Å². The fourth-order valence-corrected chi connectivity index (χ4v) is 3.88. The van der Waals surface area contributed by atoms with Crippen LogP contribution in [-0.4, -0.2) is 37.9 Å². The van der Waals surface area contributed by atoms with Crippen molar-refractivity contribution < 1.29 is 26.4 Å². The summed E-state index contributed by atoms with van der Waals surface area (Å²) in [7, 11) is -3.53. The first-order valence-corrected chi connectivity index (χ1v) is 7.25. The van der Waals surface area contributed by atoms with E-state index in [0.717, 1.165) is 18.4 Å². The molecule has 0 aromatic carbocycles. The Bertz CT molecular complexity index is 540. The van der Waals surface area contributed by atoms with Crippen LogP contribution in [0.15, 0.2) is 21.7 Å². The van der Waals surface area contributed by atoms with Crippen LogP contribution in [0.25, 0.3) is 0 Å². The Labute approximate surface area is 111 Å². The average molecular weight is 316 g/mol. The molecule has 1 amide bonds. The predicted molar refractivity (Wildman–Crippen MR) is 62.9 cm³/mol. The summed E-state index contributed by atoms with van der Waals surface area (Å²) in [4.78, 5) is 10.7. The molecule has 1 aromatic heterocycles. The number of rotatable bonds is 5. The number of nitrogens with zero attached hydrogens (tertiary/aromatic N) is 1. The van der Waals surface area contributed by atoms with Crippen molar-refractivity contribution in [2.24, 2.45) is 5.73 Å². The first-order valence-electron chi connectivity index (χ1n) is 4.93. The molecule has 19 heavy (non-hydrogen) atoms. The highest BCUT2D eigenvalue weighted by Crippen LogP contribution is 2.31. The van der Waals surface area contributed by atoms with E-state index in [1.165, 1.54) is 17.5 Å². The van der Waals surface area contributed by atoms with E-state index < -0.39 is 34.6 Å². The van der Waals surface area contributed by atoms with Crippen LogP contribution in [0.2, 0.25) is 0 Å². The number of sulfonamides is 1. The maximum absolute atomic E-state index is 12.8. The summed E-state index contributed by atoms with van der Waals surface area (Å²) >= 11 is 0.792. The molecule has 0 bridgehead atoms. The lowest BCUT2D eigenvalue weighted by Gasteiger charge is -2.27. The number of amides is 1. The molecule has 1 heterocycles. The van der Waals surface area contributed by atoms with Gasteiger partial charge in [0.05, 0.1) is 6.42 Å². The van der Waals surface area contributed by atoms with Gasteiger partial charge in [0, 0.05) is 7.05 Å². The summed E-state index contributed by atoms with van der Waals surface area (Å²) in [5, 5.41) is 1.43. The third kappa shape index (κ3) is 3.67. The summed E-state index contributed by atoms with van der Waals surface area (Å²) in [6.45, 7) is 0. The fraction of sp³-hybridized carbons (Fsp3) is 0.444. The van der Waals surface area contributed by atoms with Crippen molar-refractivity contribution in [1.29, 1.82) is 0 Å². The number of carbonyl (C=O) groups excluding carboxylic acids is 1. The summed E-state index contributed by atoms with van der Waals surface area (Å²) < 4.78 is 62.2. The lowest BCUT2D eigenvalue weighted by Crippen LogP contribution is -2.48. The minimum Gasteiger partial charge on any atom is -0.370 e. The third-order valence-electron chi connectivity index (χ3n) is 2.34. The Morgan fingerprint density at radius 3 is 2.47 bits per heavy atom. The molecular formula is C9H11F3N2O3S2. The second kappa shape index (κ2) is 5.47. The van der Waals surface area contributed by atoms with E-state index in [4.69, 9.17) is 5.73 Å². The van der Waals surface area contributed by atoms with Gasteiger partial charge >= 0.3 is 6.18 Å². The molecule has 108 valence electrons. The van der Waals surface area contributed by atoms with Gasteiger partial charge in [0.2, 0.25) is 5.91 Å². The first-order chi connectivity index (χ1) is 8.56. The molecule has 5 nitrogen and oxygen atoms in total. The number of carbonyl (C=O) groups is 1. The highest BCUT2D eigenvalue weighted by atomic mass is 32.2. The van der Waals surface area contributed by atoms with Crippen molar-refractivity contribution in [3.05, 3.63) is 17.5 Å². The second-order valence-electron chi connectivity index (χ2n) is 3.68. The Kier molecular flexibility index (Phi) is 4.59. The van der Waals surface area contributed by atoms with Gasteiger partial charge in [-0.2, -0.15) is 17.5 Å². The molecule has 1 unspecified atom stereocenters. The van der Waals surface area contributed by atoms with Crippen molar-refractivity contribution in [2.75, 3.05) is 7.05 Å². The maximum Gasteiger partial charge on any atom is 0.405 e. The normalized spacial score (nSPS) is 14.6. The number of hydrogen-bond acceptors (Lipinski definition) is 4. The van der Waals surface area contributed by atoms with E-state index in [1.807, 2.05) is 0 Å². The van der Waals surface area contributed by atoms with Gasteiger partial charge in [0.1, 0.15) is 10.3 Å². The van der Waals surface area contributed by atoms with E-state index >= 15 is 0 Å². The van der Waals surface area contributed by atoms with Crippen LogP contribution in [-0.2, 0) is 14.8 Å². The number of alkyl halides is 3. The average Bonchev–Trinajstić information content (AvgIpc) is 2.76. The standard InChI is InChI=1S/C9H11F3N2O3S2/c1-14(6(5-7(13)15)9(10,11)12)19(16,17)8-3-2-4-18-8/h2-4,6H,5H2,1H3,(H2,13,15). The fourth-order valence-electron chi connectivity index (χ4n) is 1.36. The first kappa shape index (κ1) is 15.9. The molecule has 1 rings (SSSR count). The molecule has 0 saturated heterocycles. The van der Waals surface area contributed by atoms with Gasteiger partial charge in [-0.05, 0) is 11.4 Å². The molecule has 0 saturated carbocycles. The van der Waals surface area contributed by atoms with Crippen molar-refractivity contribution in [3.8, 4) is 0 Å². The monoisotopic (exact) mass is 316 g/mol. The van der Waals surface area contributed by atoms with E-state index in [1.54, 1.807) is 0 Å². The summed E-state index contributed by atoms with van der Waals surface area (Å²) in [6, 6.07) is 0.119. The van der Waals surface area contributed by atoms with Gasteiger partial charge in [0.25, 0.3) is 10.0 Å². The molecule has 0 spiro atoms. The summed E-state index contributed by atoms with van der Waals surface area (Å²) in [5.41, 5.74) is 4.73. The topological polar surface area (TPSA) is 80.5 Å². The van der Waals surface area contributed by atoms with Gasteiger partial charge in [-0.15, -0.1) is 11.3 Å². The quantitative estimate of drug-likeness (QED) is 0.885. The predicted octanol–water partition coefficient (Wildman–Crippen LogP) is 1.17. The smallest absolute Gasteiger partial charge is 0.370 e. The summed E-state index contributed by atoms with van der Waals surface area (Å²) in [5.74, 6) is -1.23. The third-order valence-corrected chi connectivity index (χ3v) is 5.58. The van der Waals surface area contributed by atoms with Gasteiger partial charge in [-0.25, -0.2) is 8.42 Å². The van der Waals surface area contributed by atoms with Crippen LogP contribution < -0.4 is 5.73 Å². The van der Waals surface area contributed by atoms with E-state index in [9.17, 15) is 26.4 Å². The number of hydrogen-bond donors (Lipinski definition) is 1. The van der Waals surface area contributed by atoms with Crippen LogP contribution in [0.4, 0.5) is 13.2 Å². The van der Waals surface area contributed by atoms with Gasteiger partial charge in [-0.3, -0.25) is 4.79 Å². The van der Waals surface area contributed by atoms with Gasteiger partial charge in [0.15, 0.2) is 0 Å². The molecule has 0 aliphatic rings. The van der Waals surface area contributed by atoms with Crippen LogP contribution in [0.1, 0.15) is 6.42 Å². The summed E-state index contributed by atoms with van der Waals surface area (Å²) in [6.07, 6.45) is -6.00. The minimum absolute atomic E-state index is 0.129. The molecule has 1 atom stereocenters. The van der Waals surface area contributed by atoms with Crippen LogP contribution >= 0.6 is 11.3 Å². The minimum atomic E-state index is -4.88. The van der Waals surface area contributed by atoms with Crippen molar-refractivity contribution in [2.45, 2.75) is 22.8 Å². The van der Waals surface area contributed by atoms with Crippen LogP contribution in [0.3, 0.4) is 0 Å². The van der Waals surface area contributed by atoms with Crippen molar-refractivity contribution in [3.63, 3.8) is 0 Å². The number of primary amides is 1. The molecule has 2 N–H and O–H groups in total. The largest absolute Gasteiger partial charge is 0.405 e. The zero-order valence-corrected chi connectivity index (χ0v) is 11.3. The Morgan fingerprint density at radius 1 is 1.53 bits per heavy atom. The second-order valence-corrected chi connectivity index (χ2v) is 6.85. The number of nitrogens with two attached hydrogens (primary N) is 1. The molecule has 0 fully saturated rings. The highest BCUT2D eigenvalue weighted by molar-refractivity contribution is 7.91. The van der Waals surface area contributed by atoms with Crippen molar-refractivity contribution in [1.82, 2.24) is 4.31 Å². The molecule has 0 aliphatic carbocycles. The highest BCUT2D eigenvalue weighted by Gasteiger charge is 2.47. The number of halogens is 3. The molecule has 10 heteroatoms. The lowest BCUT2D eigenvalue weighted by molar-refractivity contribution is -0.172. The van der Waals surface area contributed by atoms with Gasteiger partial charge < -0.3 is 5.73 Å². The number of thiophene rings is 1. The lowest BCUT2D eigenvalue weighted by atomic mass is 10.2. The van der Waals surface area contributed by atoms with Crippen LogP contribution in [0, 0.1) is 0 Å². The van der Waals surface area contributed by atoms with Gasteiger partial charge in [-0.1, -0.05) is 6.07 Å². The Morgan fingerprint density at radius 2 is 2.11 bits per heavy atom. The zero-order valence-electron chi connectivity index (χ0n) is 9.72. The van der Waals surface area contributed by atoms with E-state index in [-0.39, 0.29) is 8.51 Å².